The zero-order chi connectivity index (χ0) is 16.7. The molecule has 2 atom stereocenters. The molecule has 2 rings (SSSR count). The van der Waals surface area contributed by atoms with Crippen molar-refractivity contribution in [2.75, 3.05) is 13.2 Å². The molecule has 0 amide bonds. The van der Waals surface area contributed by atoms with E-state index in [1.807, 2.05) is 0 Å². The second kappa shape index (κ2) is 8.65. The van der Waals surface area contributed by atoms with Crippen molar-refractivity contribution in [2.45, 2.75) is 32.4 Å². The summed E-state index contributed by atoms with van der Waals surface area (Å²) in [6, 6.07) is 14.7. The van der Waals surface area contributed by atoms with Gasteiger partial charge in [0.05, 0.1) is 0 Å². The van der Waals surface area contributed by atoms with E-state index < -0.39 is 11.9 Å². The van der Waals surface area contributed by atoms with E-state index in [1.54, 1.807) is 18.2 Å². The summed E-state index contributed by atoms with van der Waals surface area (Å²) >= 11 is 0. The molecule has 0 bridgehead atoms. The maximum absolute atomic E-state index is 13.4. The maximum atomic E-state index is 13.4. The van der Waals surface area contributed by atoms with Crippen LogP contribution in [0.2, 0.25) is 0 Å². The molecule has 124 valence electrons. The molecule has 0 aliphatic rings. The first-order valence-corrected chi connectivity index (χ1v) is 7.95. The number of hydrogen-bond acceptors (Lipinski definition) is 3. The summed E-state index contributed by atoms with van der Waals surface area (Å²) in [5, 5.41) is 13.4. The molecule has 0 saturated heterocycles. The smallest absolute Gasteiger partial charge is 0.165 e. The van der Waals surface area contributed by atoms with Gasteiger partial charge < -0.3 is 15.2 Å². The molecule has 2 aromatic rings. The molecule has 0 spiro atoms. The van der Waals surface area contributed by atoms with Gasteiger partial charge in [-0.2, -0.15) is 0 Å². The molecule has 0 fully saturated rings. The Morgan fingerprint density at radius 3 is 2.48 bits per heavy atom. The number of aliphatic hydroxyl groups is 1. The van der Waals surface area contributed by atoms with E-state index in [-0.39, 0.29) is 18.4 Å². The number of aryl methyl sites for hydroxylation is 1. The van der Waals surface area contributed by atoms with Crippen molar-refractivity contribution >= 4 is 0 Å². The third-order valence-corrected chi connectivity index (χ3v) is 3.76. The minimum absolute atomic E-state index is 0.0538. The Morgan fingerprint density at radius 2 is 1.83 bits per heavy atom. The van der Waals surface area contributed by atoms with Gasteiger partial charge in [-0.25, -0.2) is 4.39 Å². The lowest BCUT2D eigenvalue weighted by molar-refractivity contribution is 0.101. The van der Waals surface area contributed by atoms with Crippen molar-refractivity contribution in [2.24, 2.45) is 0 Å². The van der Waals surface area contributed by atoms with Crippen molar-refractivity contribution in [3.63, 3.8) is 0 Å². The Hall–Kier alpha value is -1.91. The number of aliphatic hydroxyl groups excluding tert-OH is 1. The van der Waals surface area contributed by atoms with E-state index >= 15 is 0 Å². The summed E-state index contributed by atoms with van der Waals surface area (Å²) in [7, 11) is 0. The lowest BCUT2D eigenvalue weighted by Crippen LogP contribution is -2.33. The molecular formula is C19H24FNO2. The average Bonchev–Trinajstić information content (AvgIpc) is 2.56. The van der Waals surface area contributed by atoms with Gasteiger partial charge in [0.15, 0.2) is 11.6 Å². The second-order valence-corrected chi connectivity index (χ2v) is 5.68. The van der Waals surface area contributed by atoms with Crippen LogP contribution in [0.4, 0.5) is 4.39 Å². The molecule has 2 aromatic carbocycles. The van der Waals surface area contributed by atoms with Gasteiger partial charge in [0.1, 0.15) is 12.7 Å². The van der Waals surface area contributed by atoms with Gasteiger partial charge >= 0.3 is 0 Å². The molecule has 0 aliphatic heterocycles. The first kappa shape index (κ1) is 17.4. The Bertz CT molecular complexity index is 601. The van der Waals surface area contributed by atoms with Crippen LogP contribution >= 0.6 is 0 Å². The zero-order valence-corrected chi connectivity index (χ0v) is 13.6. The molecule has 0 heterocycles. The van der Waals surface area contributed by atoms with E-state index in [1.165, 1.54) is 17.2 Å². The number of halogens is 1. The van der Waals surface area contributed by atoms with Crippen LogP contribution in [0.5, 0.6) is 5.75 Å². The number of ether oxygens (including phenoxy) is 1. The predicted octanol–water partition coefficient (Wildman–Crippen LogP) is 3.61. The molecule has 4 heteroatoms. The Labute approximate surface area is 137 Å². The number of para-hydroxylation sites is 1. The Balaban J connectivity index is 1.81. The predicted molar refractivity (Wildman–Crippen MR) is 90.1 cm³/mol. The van der Waals surface area contributed by atoms with Gasteiger partial charge in [0.25, 0.3) is 0 Å². The highest BCUT2D eigenvalue weighted by Gasteiger charge is 2.12. The molecule has 2 unspecified atom stereocenters. The zero-order valence-electron chi connectivity index (χ0n) is 13.6. The number of hydrogen-bond donors (Lipinski definition) is 2. The van der Waals surface area contributed by atoms with E-state index in [9.17, 15) is 9.50 Å². The monoisotopic (exact) mass is 317 g/mol. The molecule has 0 aliphatic carbocycles. The minimum atomic E-state index is -0.700. The average molecular weight is 317 g/mol. The molecule has 2 N–H and O–H groups in total. The van der Waals surface area contributed by atoms with Crippen LogP contribution in [-0.2, 0) is 0 Å². The quantitative estimate of drug-likeness (QED) is 0.781. The van der Waals surface area contributed by atoms with E-state index in [0.717, 1.165) is 6.42 Å². The first-order valence-electron chi connectivity index (χ1n) is 7.95. The summed E-state index contributed by atoms with van der Waals surface area (Å²) in [4.78, 5) is 0. The fourth-order valence-corrected chi connectivity index (χ4v) is 2.38. The summed E-state index contributed by atoms with van der Waals surface area (Å²) in [6.45, 7) is 4.60. The highest BCUT2D eigenvalue weighted by molar-refractivity contribution is 5.24. The standard InChI is InChI=1S/C19H24FNO2/c1-3-18(15-10-8-14(2)9-11-15)21-12-16(22)13-23-19-7-5-4-6-17(19)20/h4-11,16,18,21-22H,3,12-13H2,1-2H3. The molecule has 3 nitrogen and oxygen atoms in total. The normalized spacial score (nSPS) is 13.6. The summed E-state index contributed by atoms with van der Waals surface area (Å²) in [5.41, 5.74) is 2.42. The molecule has 0 radical (unpaired) electrons. The van der Waals surface area contributed by atoms with Crippen LogP contribution in [0.25, 0.3) is 0 Å². The summed E-state index contributed by atoms with van der Waals surface area (Å²) in [6.07, 6.45) is 0.221. The van der Waals surface area contributed by atoms with Crippen molar-refractivity contribution in [1.29, 1.82) is 0 Å². The highest BCUT2D eigenvalue weighted by Crippen LogP contribution is 2.18. The number of benzene rings is 2. The van der Waals surface area contributed by atoms with Crippen LogP contribution in [-0.4, -0.2) is 24.4 Å². The number of rotatable bonds is 8. The van der Waals surface area contributed by atoms with Gasteiger partial charge in [0, 0.05) is 12.6 Å². The Morgan fingerprint density at radius 1 is 1.13 bits per heavy atom. The van der Waals surface area contributed by atoms with Gasteiger partial charge in [-0.3, -0.25) is 0 Å². The molecule has 23 heavy (non-hydrogen) atoms. The fraction of sp³-hybridized carbons (Fsp3) is 0.368. The third-order valence-electron chi connectivity index (χ3n) is 3.76. The summed E-state index contributed by atoms with van der Waals surface area (Å²) < 4.78 is 18.8. The van der Waals surface area contributed by atoms with E-state index in [0.29, 0.717) is 6.54 Å². The lowest BCUT2D eigenvalue weighted by Gasteiger charge is -2.20. The van der Waals surface area contributed by atoms with Crippen molar-refractivity contribution < 1.29 is 14.2 Å². The Kier molecular flexibility index (Phi) is 6.56. The summed E-state index contributed by atoms with van der Waals surface area (Å²) in [5.74, 6) is -0.254. The van der Waals surface area contributed by atoms with Crippen LogP contribution in [0.3, 0.4) is 0 Å². The third kappa shape index (κ3) is 5.34. The van der Waals surface area contributed by atoms with Crippen molar-refractivity contribution in [3.05, 3.63) is 65.5 Å². The van der Waals surface area contributed by atoms with E-state index in [2.05, 4.69) is 43.4 Å². The van der Waals surface area contributed by atoms with Crippen molar-refractivity contribution in [3.8, 4) is 5.75 Å². The van der Waals surface area contributed by atoms with Gasteiger partial charge in [-0.05, 0) is 31.0 Å². The second-order valence-electron chi connectivity index (χ2n) is 5.68. The van der Waals surface area contributed by atoms with Gasteiger partial charge in [0.2, 0.25) is 0 Å². The minimum Gasteiger partial charge on any atom is -0.488 e. The molecule has 0 saturated carbocycles. The van der Waals surface area contributed by atoms with E-state index in [4.69, 9.17) is 4.74 Å². The van der Waals surface area contributed by atoms with Crippen LogP contribution < -0.4 is 10.1 Å². The first-order chi connectivity index (χ1) is 11.1. The van der Waals surface area contributed by atoms with Gasteiger partial charge in [-0.1, -0.05) is 48.9 Å². The van der Waals surface area contributed by atoms with Gasteiger partial charge in [-0.15, -0.1) is 0 Å². The van der Waals surface area contributed by atoms with Crippen molar-refractivity contribution in [1.82, 2.24) is 5.32 Å². The van der Waals surface area contributed by atoms with Crippen LogP contribution in [0, 0.1) is 12.7 Å². The van der Waals surface area contributed by atoms with Crippen LogP contribution in [0.15, 0.2) is 48.5 Å². The molecular weight excluding hydrogens is 293 g/mol. The number of nitrogens with one attached hydrogen (secondary N) is 1. The lowest BCUT2D eigenvalue weighted by atomic mass is 10.0. The highest BCUT2D eigenvalue weighted by atomic mass is 19.1. The van der Waals surface area contributed by atoms with Crippen LogP contribution in [0.1, 0.15) is 30.5 Å². The maximum Gasteiger partial charge on any atom is 0.165 e. The SMILES string of the molecule is CCC(NCC(O)COc1ccccc1F)c1ccc(C)cc1. The fourth-order valence-electron chi connectivity index (χ4n) is 2.38. The largest absolute Gasteiger partial charge is 0.488 e. The molecule has 0 aromatic heterocycles. The topological polar surface area (TPSA) is 41.5 Å².